The Kier molecular flexibility index (Phi) is 4.35. The van der Waals surface area contributed by atoms with Gasteiger partial charge in [-0.2, -0.15) is 5.26 Å². The largest absolute Gasteiger partial charge is 0.469 e. The molecule has 4 nitrogen and oxygen atoms in total. The van der Waals surface area contributed by atoms with E-state index in [1.54, 1.807) is 6.07 Å². The monoisotopic (exact) mass is 260 g/mol. The molecule has 0 fully saturated rings. The lowest BCUT2D eigenvalue weighted by molar-refractivity contribution is -0.139. The van der Waals surface area contributed by atoms with Crippen LogP contribution in [0, 0.1) is 11.3 Å². The van der Waals surface area contributed by atoms with Gasteiger partial charge >= 0.3 is 5.97 Å². The number of hydrogen-bond donors (Lipinski definition) is 0. The predicted molar refractivity (Wildman–Crippen MR) is 54.6 cm³/mol. The van der Waals surface area contributed by atoms with Crippen LogP contribution in [0.4, 0.5) is 8.78 Å². The average Bonchev–Trinajstić information content (AvgIpc) is 2.30. The molecule has 0 atom stereocenters. The van der Waals surface area contributed by atoms with Crippen LogP contribution in [0.3, 0.4) is 0 Å². The van der Waals surface area contributed by atoms with E-state index in [0.717, 1.165) is 13.3 Å². The van der Waals surface area contributed by atoms with Gasteiger partial charge in [-0.25, -0.2) is 8.78 Å². The summed E-state index contributed by atoms with van der Waals surface area (Å²) >= 11 is 5.54. The summed E-state index contributed by atoms with van der Waals surface area (Å²) in [6, 6.07) is 1.58. The van der Waals surface area contributed by atoms with Crippen molar-refractivity contribution in [2.75, 3.05) is 7.11 Å². The Morgan fingerprint density at radius 3 is 2.82 bits per heavy atom. The number of rotatable bonds is 3. The highest BCUT2D eigenvalue weighted by molar-refractivity contribution is 6.31. The van der Waals surface area contributed by atoms with Gasteiger partial charge in [0.15, 0.2) is 0 Å². The number of aromatic nitrogens is 1. The molecule has 0 spiro atoms. The van der Waals surface area contributed by atoms with Crippen molar-refractivity contribution in [3.05, 3.63) is 28.0 Å². The Hall–Kier alpha value is -1.74. The van der Waals surface area contributed by atoms with E-state index in [0.29, 0.717) is 0 Å². The number of alkyl halides is 2. The molecule has 0 aromatic carbocycles. The number of carbonyl (C=O) groups excluding carboxylic acids is 1. The second-order valence-electron chi connectivity index (χ2n) is 3.01. The molecule has 90 valence electrons. The van der Waals surface area contributed by atoms with Crippen molar-refractivity contribution < 1.29 is 18.3 Å². The van der Waals surface area contributed by atoms with Gasteiger partial charge in [0.05, 0.1) is 35.4 Å². The van der Waals surface area contributed by atoms with E-state index < -0.39 is 18.0 Å². The van der Waals surface area contributed by atoms with Crippen molar-refractivity contribution in [2.45, 2.75) is 12.8 Å². The second kappa shape index (κ2) is 5.55. The molecule has 0 aliphatic carbocycles. The first-order valence-corrected chi connectivity index (χ1v) is 4.81. The van der Waals surface area contributed by atoms with Crippen LogP contribution in [0.25, 0.3) is 0 Å². The van der Waals surface area contributed by atoms with E-state index in [1.165, 1.54) is 0 Å². The average molecular weight is 261 g/mol. The van der Waals surface area contributed by atoms with E-state index >= 15 is 0 Å². The molecular formula is C10H7ClF2N2O2. The lowest BCUT2D eigenvalue weighted by Gasteiger charge is -2.08. The van der Waals surface area contributed by atoms with Crippen LogP contribution in [-0.4, -0.2) is 18.1 Å². The fourth-order valence-electron chi connectivity index (χ4n) is 1.22. The van der Waals surface area contributed by atoms with Gasteiger partial charge in [-0.1, -0.05) is 11.6 Å². The molecule has 7 heteroatoms. The van der Waals surface area contributed by atoms with Gasteiger partial charge in [-0.05, 0) is 0 Å². The van der Waals surface area contributed by atoms with E-state index in [1.807, 2.05) is 0 Å². The quantitative estimate of drug-likeness (QED) is 0.782. The summed E-state index contributed by atoms with van der Waals surface area (Å²) in [5.74, 6) is -0.670. The fourth-order valence-corrected chi connectivity index (χ4v) is 1.45. The lowest BCUT2D eigenvalue weighted by atomic mass is 10.1. The van der Waals surface area contributed by atoms with Crippen molar-refractivity contribution in [3.63, 3.8) is 0 Å². The smallest absolute Gasteiger partial charge is 0.311 e. The normalized spacial score (nSPS) is 10.1. The zero-order valence-electron chi connectivity index (χ0n) is 8.71. The summed E-state index contributed by atoms with van der Waals surface area (Å²) < 4.78 is 29.8. The Balaban J connectivity index is 3.29. The zero-order valence-corrected chi connectivity index (χ0v) is 9.46. The van der Waals surface area contributed by atoms with Gasteiger partial charge in [0.1, 0.15) is 6.07 Å². The third-order valence-electron chi connectivity index (χ3n) is 2.02. The molecule has 0 bridgehead atoms. The molecule has 0 saturated heterocycles. The standard InChI is InChI=1S/C10H7ClF2N2O2/c1-17-8(16)2-7-5(3-14)9(10(12)13)6(11)4-15-7/h4,10H,2H2,1H3. The number of nitrogens with zero attached hydrogens (tertiary/aromatic N) is 2. The van der Waals surface area contributed by atoms with Crippen LogP contribution in [0.15, 0.2) is 6.20 Å². The predicted octanol–water partition coefficient (Wildman–Crippen LogP) is 2.26. The van der Waals surface area contributed by atoms with Gasteiger partial charge in [0.25, 0.3) is 6.43 Å². The minimum Gasteiger partial charge on any atom is -0.469 e. The van der Waals surface area contributed by atoms with E-state index in [2.05, 4.69) is 9.72 Å². The molecule has 1 heterocycles. The van der Waals surface area contributed by atoms with Crippen LogP contribution in [0.1, 0.15) is 23.2 Å². The Bertz CT molecular complexity index is 486. The maximum absolute atomic E-state index is 12.7. The molecule has 0 amide bonds. The van der Waals surface area contributed by atoms with E-state index in [4.69, 9.17) is 16.9 Å². The first-order chi connectivity index (χ1) is 8.01. The zero-order chi connectivity index (χ0) is 13.0. The summed E-state index contributed by atoms with van der Waals surface area (Å²) in [4.78, 5) is 14.7. The lowest BCUT2D eigenvalue weighted by Crippen LogP contribution is -2.10. The van der Waals surface area contributed by atoms with Gasteiger partial charge < -0.3 is 4.74 Å². The summed E-state index contributed by atoms with van der Waals surface area (Å²) in [7, 11) is 1.15. The third kappa shape index (κ3) is 2.88. The molecule has 0 saturated carbocycles. The molecule has 1 rings (SSSR count). The third-order valence-corrected chi connectivity index (χ3v) is 2.32. The highest BCUT2D eigenvalue weighted by Crippen LogP contribution is 2.30. The number of methoxy groups -OCH3 is 1. The van der Waals surface area contributed by atoms with Crippen LogP contribution < -0.4 is 0 Å². The van der Waals surface area contributed by atoms with Crippen molar-refractivity contribution in [2.24, 2.45) is 0 Å². The molecular weight excluding hydrogens is 254 g/mol. The van der Waals surface area contributed by atoms with Gasteiger partial charge in [-0.15, -0.1) is 0 Å². The topological polar surface area (TPSA) is 63.0 Å². The van der Waals surface area contributed by atoms with Gasteiger partial charge in [0, 0.05) is 6.20 Å². The summed E-state index contributed by atoms with van der Waals surface area (Å²) in [5, 5.41) is 8.52. The number of pyridine rings is 1. The minimum absolute atomic E-state index is 0.0703. The highest BCUT2D eigenvalue weighted by Gasteiger charge is 2.22. The molecule has 17 heavy (non-hydrogen) atoms. The van der Waals surface area contributed by atoms with E-state index in [-0.39, 0.29) is 22.7 Å². The van der Waals surface area contributed by atoms with Crippen molar-refractivity contribution >= 4 is 17.6 Å². The first kappa shape index (κ1) is 13.3. The minimum atomic E-state index is -2.91. The number of halogens is 3. The Morgan fingerprint density at radius 2 is 2.35 bits per heavy atom. The molecule has 0 N–H and O–H groups in total. The summed E-state index contributed by atoms with van der Waals surface area (Å²) in [5.41, 5.74) is -1.06. The van der Waals surface area contributed by atoms with Crippen molar-refractivity contribution in [3.8, 4) is 6.07 Å². The molecule has 0 aliphatic heterocycles. The Morgan fingerprint density at radius 1 is 1.71 bits per heavy atom. The van der Waals surface area contributed by atoms with Crippen LogP contribution in [0.2, 0.25) is 5.02 Å². The molecule has 0 radical (unpaired) electrons. The maximum atomic E-state index is 12.7. The maximum Gasteiger partial charge on any atom is 0.311 e. The van der Waals surface area contributed by atoms with Gasteiger partial charge in [-0.3, -0.25) is 9.78 Å². The second-order valence-corrected chi connectivity index (χ2v) is 3.41. The Labute approximate surface area is 101 Å². The molecule has 0 unspecified atom stereocenters. The summed E-state index contributed by atoms with van der Waals surface area (Å²) in [6.07, 6.45) is -2.27. The number of nitriles is 1. The van der Waals surface area contributed by atoms with Gasteiger partial charge in [0.2, 0.25) is 0 Å². The van der Waals surface area contributed by atoms with Crippen molar-refractivity contribution in [1.29, 1.82) is 5.26 Å². The van der Waals surface area contributed by atoms with E-state index in [9.17, 15) is 13.6 Å². The fraction of sp³-hybridized carbons (Fsp3) is 0.300. The molecule has 1 aromatic heterocycles. The number of carbonyl (C=O) groups is 1. The van der Waals surface area contributed by atoms with Crippen molar-refractivity contribution in [1.82, 2.24) is 4.98 Å². The molecule has 1 aromatic rings. The highest BCUT2D eigenvalue weighted by atomic mass is 35.5. The van der Waals surface area contributed by atoms with Crippen LogP contribution in [0.5, 0.6) is 0 Å². The summed E-state index contributed by atoms with van der Waals surface area (Å²) in [6.45, 7) is 0. The number of ether oxygens (including phenoxy) is 1. The molecule has 0 aliphatic rings. The first-order valence-electron chi connectivity index (χ1n) is 4.43. The van der Waals surface area contributed by atoms with Crippen LogP contribution >= 0.6 is 11.6 Å². The van der Waals surface area contributed by atoms with Crippen LogP contribution in [-0.2, 0) is 16.0 Å². The number of esters is 1. The number of hydrogen-bond acceptors (Lipinski definition) is 4. The SMILES string of the molecule is COC(=O)Cc1ncc(Cl)c(C(F)F)c1C#N.